The van der Waals surface area contributed by atoms with Gasteiger partial charge in [0.15, 0.2) is 9.76 Å². The summed E-state index contributed by atoms with van der Waals surface area (Å²) in [5.74, 6) is -0.0255. The Balaban J connectivity index is 0.000000146. The molecule has 0 unspecified atom stereocenters. The summed E-state index contributed by atoms with van der Waals surface area (Å²) in [6.07, 6.45) is 6.58. The average Bonchev–Trinajstić information content (AvgIpc) is 2.49. The highest BCUT2D eigenvalue weighted by molar-refractivity contribution is 6.27. The number of hydrogen-bond donors (Lipinski definition) is 0. The maximum Gasteiger partial charge on any atom is 0.305 e. The van der Waals surface area contributed by atoms with Crippen molar-refractivity contribution in [2.45, 2.75) is 44.6 Å². The third kappa shape index (κ3) is 6.15. The minimum atomic E-state index is -0.0255. The molecule has 0 aliphatic carbocycles. The minimum absolute atomic E-state index is 0.00849. The zero-order chi connectivity index (χ0) is 10.1. The monoisotopic (exact) mass is 216 g/mol. The largest absolute Gasteiger partial charge is 0.466 e. The van der Waals surface area contributed by atoms with E-state index in [-0.39, 0.29) is 15.7 Å². The highest BCUT2D eigenvalue weighted by Gasteiger charge is 2.05. The predicted molar refractivity (Wildman–Crippen MR) is 58.0 cm³/mol. The quantitative estimate of drug-likeness (QED) is 0.453. The molecule has 2 saturated heterocycles. The van der Waals surface area contributed by atoms with Crippen molar-refractivity contribution in [3.63, 3.8) is 0 Å². The Hall–Kier alpha value is -0.353. The first-order valence-corrected chi connectivity index (χ1v) is 7.21. The predicted octanol–water partition coefficient (Wildman–Crippen LogP) is 1.40. The van der Waals surface area contributed by atoms with E-state index in [1.54, 1.807) is 0 Å². The SMILES string of the molecule is C1CC[SiH2]OC1.O=C1CCCCCO1. The Morgan fingerprint density at radius 3 is 2.43 bits per heavy atom. The van der Waals surface area contributed by atoms with Gasteiger partial charge in [-0.3, -0.25) is 4.79 Å². The van der Waals surface area contributed by atoms with Gasteiger partial charge in [0.2, 0.25) is 0 Å². The van der Waals surface area contributed by atoms with E-state index in [1.165, 1.54) is 18.9 Å². The summed E-state index contributed by atoms with van der Waals surface area (Å²) >= 11 is 0. The third-order valence-corrected chi connectivity index (χ3v) is 3.73. The van der Waals surface area contributed by atoms with Crippen LogP contribution in [-0.2, 0) is 14.0 Å². The average molecular weight is 216 g/mol. The molecular weight excluding hydrogens is 196 g/mol. The molecule has 0 amide bonds. The van der Waals surface area contributed by atoms with Crippen molar-refractivity contribution in [2.75, 3.05) is 13.2 Å². The van der Waals surface area contributed by atoms with E-state index >= 15 is 0 Å². The number of cyclic esters (lactones) is 1. The summed E-state index contributed by atoms with van der Waals surface area (Å²) in [5.41, 5.74) is 0. The fourth-order valence-corrected chi connectivity index (χ4v) is 2.66. The van der Waals surface area contributed by atoms with Crippen LogP contribution in [0, 0.1) is 0 Å². The topological polar surface area (TPSA) is 35.5 Å². The van der Waals surface area contributed by atoms with Crippen molar-refractivity contribution in [3.8, 4) is 0 Å². The number of carbonyl (C=O) groups is 1. The number of esters is 1. The summed E-state index contributed by atoms with van der Waals surface area (Å²) in [5, 5.41) is 0. The molecule has 82 valence electrons. The molecule has 0 atom stereocenters. The molecule has 0 spiro atoms. The molecule has 0 aromatic carbocycles. The van der Waals surface area contributed by atoms with Crippen LogP contribution in [0.2, 0.25) is 6.04 Å². The second-order valence-electron chi connectivity index (χ2n) is 3.70. The van der Waals surface area contributed by atoms with E-state index in [0.29, 0.717) is 13.0 Å². The van der Waals surface area contributed by atoms with Crippen LogP contribution in [0.15, 0.2) is 0 Å². The summed E-state index contributed by atoms with van der Waals surface area (Å²) < 4.78 is 9.97. The van der Waals surface area contributed by atoms with Gasteiger partial charge < -0.3 is 9.16 Å². The van der Waals surface area contributed by atoms with Gasteiger partial charge in [0.1, 0.15) is 0 Å². The molecule has 0 radical (unpaired) electrons. The Labute approximate surface area is 88.1 Å². The normalized spacial score (nSPS) is 24.4. The third-order valence-electron chi connectivity index (χ3n) is 2.37. The zero-order valence-electron chi connectivity index (χ0n) is 8.80. The van der Waals surface area contributed by atoms with Gasteiger partial charge in [-0.25, -0.2) is 0 Å². The number of hydrogen-bond acceptors (Lipinski definition) is 3. The Morgan fingerprint density at radius 1 is 1.00 bits per heavy atom. The van der Waals surface area contributed by atoms with E-state index in [4.69, 9.17) is 9.16 Å². The molecule has 2 rings (SSSR count). The molecule has 3 nitrogen and oxygen atoms in total. The summed E-state index contributed by atoms with van der Waals surface area (Å²) in [4.78, 5) is 10.5. The Morgan fingerprint density at radius 2 is 1.86 bits per heavy atom. The van der Waals surface area contributed by atoms with Gasteiger partial charge in [-0.05, 0) is 31.7 Å². The maximum absolute atomic E-state index is 10.5. The zero-order valence-corrected chi connectivity index (χ0v) is 10.2. The van der Waals surface area contributed by atoms with Gasteiger partial charge >= 0.3 is 5.97 Å². The van der Waals surface area contributed by atoms with Crippen LogP contribution in [0.5, 0.6) is 0 Å². The van der Waals surface area contributed by atoms with E-state index in [9.17, 15) is 4.79 Å². The van der Waals surface area contributed by atoms with E-state index < -0.39 is 0 Å². The lowest BCUT2D eigenvalue weighted by Gasteiger charge is -2.07. The van der Waals surface area contributed by atoms with Crippen LogP contribution < -0.4 is 0 Å². The van der Waals surface area contributed by atoms with Gasteiger partial charge in [0, 0.05) is 13.0 Å². The molecule has 2 fully saturated rings. The Bertz CT molecular complexity index is 136. The maximum atomic E-state index is 10.5. The van der Waals surface area contributed by atoms with Gasteiger partial charge in [-0.15, -0.1) is 0 Å². The van der Waals surface area contributed by atoms with Crippen molar-refractivity contribution in [2.24, 2.45) is 0 Å². The van der Waals surface area contributed by atoms with Crippen molar-refractivity contribution in [1.82, 2.24) is 0 Å². The summed E-state index contributed by atoms with van der Waals surface area (Å²) in [6.45, 7) is 1.70. The second-order valence-corrected chi connectivity index (χ2v) is 5.23. The van der Waals surface area contributed by atoms with Crippen molar-refractivity contribution in [1.29, 1.82) is 0 Å². The van der Waals surface area contributed by atoms with E-state index in [2.05, 4.69) is 0 Å². The van der Waals surface area contributed by atoms with Crippen LogP contribution in [0.4, 0.5) is 0 Å². The lowest BCUT2D eigenvalue weighted by atomic mass is 10.2. The van der Waals surface area contributed by atoms with Crippen LogP contribution in [-0.4, -0.2) is 28.9 Å². The fourth-order valence-electron chi connectivity index (χ4n) is 1.49. The highest BCUT2D eigenvalue weighted by atomic mass is 28.2. The molecule has 0 N–H and O–H groups in total. The van der Waals surface area contributed by atoms with E-state index in [1.807, 2.05) is 0 Å². The second kappa shape index (κ2) is 8.00. The Kier molecular flexibility index (Phi) is 6.69. The van der Waals surface area contributed by atoms with Gasteiger partial charge in [-0.1, -0.05) is 6.42 Å². The van der Waals surface area contributed by atoms with Crippen LogP contribution >= 0.6 is 0 Å². The summed E-state index contributed by atoms with van der Waals surface area (Å²) in [6, 6.07) is 1.42. The molecule has 0 aromatic rings. The lowest BCUT2D eigenvalue weighted by Crippen LogP contribution is -2.06. The molecule has 4 heteroatoms. The molecule has 0 bridgehead atoms. The van der Waals surface area contributed by atoms with Gasteiger partial charge in [0.05, 0.1) is 6.61 Å². The number of carbonyl (C=O) groups excluding carboxylic acids is 1. The first-order valence-electron chi connectivity index (χ1n) is 5.63. The van der Waals surface area contributed by atoms with Crippen molar-refractivity contribution < 1.29 is 14.0 Å². The molecule has 14 heavy (non-hydrogen) atoms. The van der Waals surface area contributed by atoms with Gasteiger partial charge in [0.25, 0.3) is 0 Å². The standard InChI is InChI=1S/C6H10O2.C4H10OSi/c7-6-4-2-1-3-5-8-6;1-2-4-6-5-3-1/h1-5H2;1-4,6H2. The molecule has 2 aliphatic rings. The van der Waals surface area contributed by atoms with Crippen LogP contribution in [0.25, 0.3) is 0 Å². The number of rotatable bonds is 0. The highest BCUT2D eigenvalue weighted by Crippen LogP contribution is 2.06. The van der Waals surface area contributed by atoms with Crippen molar-refractivity contribution >= 4 is 15.7 Å². The lowest BCUT2D eigenvalue weighted by molar-refractivity contribution is -0.142. The molecule has 2 aliphatic heterocycles. The van der Waals surface area contributed by atoms with Crippen LogP contribution in [0.3, 0.4) is 0 Å². The molecule has 2 heterocycles. The molecular formula is C10H20O3Si. The summed E-state index contributed by atoms with van der Waals surface area (Å²) in [7, 11) is 0.00849. The van der Waals surface area contributed by atoms with E-state index in [0.717, 1.165) is 25.9 Å². The first-order chi connectivity index (χ1) is 6.89. The fraction of sp³-hybridized carbons (Fsp3) is 0.900. The first kappa shape index (κ1) is 11.7. The van der Waals surface area contributed by atoms with Crippen molar-refractivity contribution in [3.05, 3.63) is 0 Å². The molecule has 0 saturated carbocycles. The number of ether oxygens (including phenoxy) is 1. The van der Waals surface area contributed by atoms with Crippen LogP contribution in [0.1, 0.15) is 38.5 Å². The minimum Gasteiger partial charge on any atom is -0.466 e. The molecule has 0 aromatic heterocycles. The smallest absolute Gasteiger partial charge is 0.305 e. The van der Waals surface area contributed by atoms with Gasteiger partial charge in [-0.2, -0.15) is 0 Å².